The third kappa shape index (κ3) is 2.78. The Kier molecular flexibility index (Phi) is 4.57. The van der Waals surface area contributed by atoms with E-state index in [1.165, 1.54) is 39.8 Å². The van der Waals surface area contributed by atoms with Crippen molar-refractivity contribution in [2.24, 2.45) is 0 Å². The first kappa shape index (κ1) is 16.2. The van der Waals surface area contributed by atoms with Gasteiger partial charge in [0, 0.05) is 11.5 Å². The molecular weight excluding hydrogens is 270 g/mol. The van der Waals surface area contributed by atoms with Gasteiger partial charge in [-0.1, -0.05) is 77.9 Å². The monoisotopic (exact) mass is 299 g/mol. The van der Waals surface area contributed by atoms with Gasteiger partial charge < -0.3 is 0 Å². The van der Waals surface area contributed by atoms with E-state index in [4.69, 9.17) is 4.98 Å². The molecule has 0 saturated carbocycles. The summed E-state index contributed by atoms with van der Waals surface area (Å²) in [5, 5.41) is 4.24. The van der Waals surface area contributed by atoms with Gasteiger partial charge in [-0.05, 0) is 27.8 Å². The maximum Gasteiger partial charge on any atom is 0.110 e. The molecule has 0 aliphatic carbocycles. The number of pyridine rings is 1. The van der Waals surface area contributed by atoms with Gasteiger partial charge >= 0.3 is 0 Å². The first-order chi connectivity index (χ1) is 9.89. The topological polar surface area (TPSA) is 12.9 Å². The first-order valence-corrected chi connectivity index (χ1v) is 10.9. The van der Waals surface area contributed by atoms with Crippen molar-refractivity contribution in [3.8, 4) is 0 Å². The standard InChI is InChI=1S/C19H29NSi/c1-7-21(8-2,9-3)18-16-11-10-12-17(19(4,5)6)15(16)13-14-20-18/h10-14H,7-9H2,1-6H3. The van der Waals surface area contributed by atoms with E-state index in [1.54, 1.807) is 0 Å². The Morgan fingerprint density at radius 2 is 1.52 bits per heavy atom. The van der Waals surface area contributed by atoms with Crippen LogP contribution in [0.2, 0.25) is 18.1 Å². The maximum absolute atomic E-state index is 4.88. The Morgan fingerprint density at radius 3 is 2.05 bits per heavy atom. The van der Waals surface area contributed by atoms with Crippen LogP contribution in [-0.4, -0.2) is 13.1 Å². The lowest BCUT2D eigenvalue weighted by Crippen LogP contribution is -2.48. The third-order valence-corrected chi connectivity index (χ3v) is 10.6. The average molecular weight is 300 g/mol. The summed E-state index contributed by atoms with van der Waals surface area (Å²) >= 11 is 0. The zero-order chi connectivity index (χ0) is 15.7. The molecule has 0 bridgehead atoms. The van der Waals surface area contributed by atoms with Gasteiger partial charge in [-0.2, -0.15) is 0 Å². The summed E-state index contributed by atoms with van der Waals surface area (Å²) in [5.74, 6) is 0. The summed E-state index contributed by atoms with van der Waals surface area (Å²) in [4.78, 5) is 4.88. The zero-order valence-corrected chi connectivity index (χ0v) is 15.5. The van der Waals surface area contributed by atoms with Crippen LogP contribution in [0, 0.1) is 0 Å². The van der Waals surface area contributed by atoms with Gasteiger partial charge in [0.15, 0.2) is 0 Å². The SMILES string of the molecule is CC[Si](CC)(CC)c1nccc2c(C(C)(C)C)cccc12. The molecular formula is C19H29NSi. The Morgan fingerprint density at radius 1 is 0.905 bits per heavy atom. The highest BCUT2D eigenvalue weighted by Crippen LogP contribution is 2.31. The predicted octanol–water partition coefficient (Wildman–Crippen LogP) is 5.25. The Labute approximate surface area is 130 Å². The zero-order valence-electron chi connectivity index (χ0n) is 14.5. The molecule has 0 saturated heterocycles. The first-order valence-electron chi connectivity index (χ1n) is 8.28. The van der Waals surface area contributed by atoms with Crippen LogP contribution in [0.1, 0.15) is 47.1 Å². The number of hydrogen-bond acceptors (Lipinski definition) is 1. The fourth-order valence-corrected chi connectivity index (χ4v) is 7.18. The molecule has 0 amide bonds. The van der Waals surface area contributed by atoms with Gasteiger partial charge in [0.25, 0.3) is 0 Å². The summed E-state index contributed by atoms with van der Waals surface area (Å²) < 4.78 is 0. The van der Waals surface area contributed by atoms with Crippen LogP contribution in [0.15, 0.2) is 30.5 Å². The van der Waals surface area contributed by atoms with Crippen LogP contribution < -0.4 is 5.32 Å². The van der Waals surface area contributed by atoms with Crippen LogP contribution in [-0.2, 0) is 5.41 Å². The van der Waals surface area contributed by atoms with Crippen LogP contribution in [0.3, 0.4) is 0 Å². The summed E-state index contributed by atoms with van der Waals surface area (Å²) in [6, 6.07) is 12.8. The molecule has 0 spiro atoms. The molecule has 2 aromatic rings. The van der Waals surface area contributed by atoms with E-state index in [2.05, 4.69) is 65.8 Å². The quantitative estimate of drug-likeness (QED) is 0.703. The van der Waals surface area contributed by atoms with Gasteiger partial charge in [0.1, 0.15) is 8.07 Å². The third-order valence-electron chi connectivity index (χ3n) is 5.15. The van der Waals surface area contributed by atoms with Crippen molar-refractivity contribution >= 4 is 24.2 Å². The Hall–Kier alpha value is -1.15. The number of hydrogen-bond donors (Lipinski definition) is 0. The van der Waals surface area contributed by atoms with Crippen molar-refractivity contribution in [3.05, 3.63) is 36.0 Å². The van der Waals surface area contributed by atoms with Crippen LogP contribution >= 0.6 is 0 Å². The lowest BCUT2D eigenvalue weighted by molar-refractivity contribution is 0.596. The minimum Gasteiger partial charge on any atom is -0.265 e. The predicted molar refractivity (Wildman–Crippen MR) is 97.3 cm³/mol. The molecule has 0 radical (unpaired) electrons. The Bertz CT molecular complexity index is 613. The number of rotatable bonds is 4. The van der Waals surface area contributed by atoms with Gasteiger partial charge in [0.2, 0.25) is 0 Å². The van der Waals surface area contributed by atoms with Crippen molar-refractivity contribution in [1.29, 1.82) is 0 Å². The molecule has 2 heteroatoms. The molecule has 1 nitrogen and oxygen atoms in total. The fourth-order valence-electron chi connectivity index (χ4n) is 3.54. The molecule has 0 atom stereocenters. The molecule has 21 heavy (non-hydrogen) atoms. The molecule has 0 unspecified atom stereocenters. The summed E-state index contributed by atoms with van der Waals surface area (Å²) in [6.45, 7) is 14.0. The van der Waals surface area contributed by atoms with Gasteiger partial charge in [0.05, 0.1) is 0 Å². The van der Waals surface area contributed by atoms with Gasteiger partial charge in [-0.15, -0.1) is 0 Å². The minimum absolute atomic E-state index is 0.174. The van der Waals surface area contributed by atoms with Gasteiger partial charge in [-0.25, -0.2) is 0 Å². The van der Waals surface area contributed by atoms with E-state index in [-0.39, 0.29) is 5.41 Å². The summed E-state index contributed by atoms with van der Waals surface area (Å²) in [5.41, 5.74) is 1.61. The highest BCUT2D eigenvalue weighted by atomic mass is 28.3. The smallest absolute Gasteiger partial charge is 0.110 e. The maximum atomic E-state index is 4.88. The lowest BCUT2D eigenvalue weighted by atomic mass is 9.84. The minimum atomic E-state index is -1.45. The van der Waals surface area contributed by atoms with Crippen molar-refractivity contribution in [1.82, 2.24) is 4.98 Å². The molecule has 1 heterocycles. The molecule has 0 N–H and O–H groups in total. The number of benzene rings is 1. The molecule has 2 rings (SSSR count). The second kappa shape index (κ2) is 5.92. The number of nitrogens with zero attached hydrogens (tertiary/aromatic N) is 1. The average Bonchev–Trinajstić information content (AvgIpc) is 2.48. The van der Waals surface area contributed by atoms with Gasteiger partial charge in [-0.3, -0.25) is 4.98 Å². The van der Waals surface area contributed by atoms with E-state index in [0.29, 0.717) is 0 Å². The highest BCUT2D eigenvalue weighted by Gasteiger charge is 2.32. The normalized spacial score (nSPS) is 12.9. The van der Waals surface area contributed by atoms with Crippen molar-refractivity contribution in [2.75, 3.05) is 0 Å². The van der Waals surface area contributed by atoms with Crippen LogP contribution in [0.25, 0.3) is 10.8 Å². The summed E-state index contributed by atoms with van der Waals surface area (Å²) in [7, 11) is -1.45. The molecule has 114 valence electrons. The molecule has 1 aromatic carbocycles. The van der Waals surface area contributed by atoms with Crippen LogP contribution in [0.4, 0.5) is 0 Å². The second-order valence-corrected chi connectivity index (χ2v) is 12.3. The van der Waals surface area contributed by atoms with E-state index < -0.39 is 8.07 Å². The van der Waals surface area contributed by atoms with Crippen molar-refractivity contribution in [3.63, 3.8) is 0 Å². The lowest BCUT2D eigenvalue weighted by Gasteiger charge is -2.30. The second-order valence-electron chi connectivity index (χ2n) is 7.15. The Balaban J connectivity index is 2.79. The number of fused-ring (bicyclic) bond motifs is 1. The molecule has 1 aromatic heterocycles. The van der Waals surface area contributed by atoms with E-state index in [0.717, 1.165) is 0 Å². The van der Waals surface area contributed by atoms with Crippen molar-refractivity contribution in [2.45, 2.75) is 65.1 Å². The fraction of sp³-hybridized carbons (Fsp3) is 0.526. The molecule has 0 aliphatic rings. The van der Waals surface area contributed by atoms with Crippen molar-refractivity contribution < 1.29 is 0 Å². The number of aromatic nitrogens is 1. The molecule has 0 fully saturated rings. The highest BCUT2D eigenvalue weighted by molar-refractivity contribution is 6.92. The largest absolute Gasteiger partial charge is 0.265 e. The van der Waals surface area contributed by atoms with E-state index in [9.17, 15) is 0 Å². The summed E-state index contributed by atoms with van der Waals surface area (Å²) in [6.07, 6.45) is 2.04. The molecule has 0 aliphatic heterocycles. The van der Waals surface area contributed by atoms with Crippen LogP contribution in [0.5, 0.6) is 0 Å². The van der Waals surface area contributed by atoms with E-state index >= 15 is 0 Å². The van der Waals surface area contributed by atoms with E-state index in [1.807, 2.05) is 6.20 Å².